The lowest BCUT2D eigenvalue weighted by atomic mass is 10.3. The van der Waals surface area contributed by atoms with Crippen LogP contribution >= 0.6 is 23.1 Å². The molecule has 0 saturated heterocycles. The van der Waals surface area contributed by atoms with Crippen molar-refractivity contribution in [1.29, 1.82) is 5.41 Å². The van der Waals surface area contributed by atoms with Crippen molar-refractivity contribution in [3.8, 4) is 10.6 Å². The summed E-state index contributed by atoms with van der Waals surface area (Å²) in [5.41, 5.74) is 2.53. The summed E-state index contributed by atoms with van der Waals surface area (Å²) in [6.07, 6.45) is 3.52. The standard InChI is InChI=1S/C17H17N5OS2/c1-3-24-16(18)22(2)17(23)20-12-6-7-13-14(9-12)25-15(21-13)11-5-4-8-19-10-11/h4-10,18H,3H2,1-2H3,(H,20,23). The van der Waals surface area contributed by atoms with Crippen molar-refractivity contribution in [2.24, 2.45) is 0 Å². The summed E-state index contributed by atoms with van der Waals surface area (Å²) in [5, 5.41) is 11.8. The van der Waals surface area contributed by atoms with E-state index in [0.717, 1.165) is 26.5 Å². The Bertz CT molecular complexity index is 910. The first-order valence-corrected chi connectivity index (χ1v) is 9.45. The Morgan fingerprint density at radius 1 is 1.40 bits per heavy atom. The molecule has 0 aliphatic carbocycles. The smallest absolute Gasteiger partial charge is 0.307 e. The first-order valence-electron chi connectivity index (χ1n) is 7.65. The predicted octanol–water partition coefficient (Wildman–Crippen LogP) is 4.51. The maximum absolute atomic E-state index is 12.2. The number of nitrogens with zero attached hydrogens (tertiary/aromatic N) is 3. The quantitative estimate of drug-likeness (QED) is 0.524. The fourth-order valence-corrected chi connectivity index (χ4v) is 3.69. The van der Waals surface area contributed by atoms with Crippen LogP contribution < -0.4 is 5.32 Å². The maximum Gasteiger partial charge on any atom is 0.327 e. The van der Waals surface area contributed by atoms with Gasteiger partial charge in [-0.15, -0.1) is 11.3 Å². The molecule has 2 amide bonds. The average molecular weight is 371 g/mol. The van der Waals surface area contributed by atoms with Crippen molar-refractivity contribution in [2.75, 3.05) is 18.1 Å². The van der Waals surface area contributed by atoms with Gasteiger partial charge in [-0.25, -0.2) is 9.78 Å². The van der Waals surface area contributed by atoms with E-state index >= 15 is 0 Å². The summed E-state index contributed by atoms with van der Waals surface area (Å²) in [4.78, 5) is 22.3. The van der Waals surface area contributed by atoms with E-state index < -0.39 is 0 Å². The number of benzene rings is 1. The molecule has 0 aliphatic rings. The fourth-order valence-electron chi connectivity index (χ4n) is 2.15. The van der Waals surface area contributed by atoms with Gasteiger partial charge in [0, 0.05) is 30.7 Å². The predicted molar refractivity (Wildman–Crippen MR) is 105 cm³/mol. The number of pyridine rings is 1. The molecular formula is C17H17N5OS2. The zero-order valence-corrected chi connectivity index (χ0v) is 15.4. The minimum absolute atomic E-state index is 0.220. The van der Waals surface area contributed by atoms with Gasteiger partial charge in [-0.05, 0) is 36.1 Å². The molecule has 25 heavy (non-hydrogen) atoms. The Balaban J connectivity index is 1.79. The fraction of sp³-hybridized carbons (Fsp3) is 0.176. The largest absolute Gasteiger partial charge is 0.327 e. The molecule has 3 aromatic rings. The summed E-state index contributed by atoms with van der Waals surface area (Å²) in [7, 11) is 1.59. The van der Waals surface area contributed by atoms with Crippen LogP contribution in [0.5, 0.6) is 0 Å². The number of rotatable bonds is 3. The topological polar surface area (TPSA) is 82.0 Å². The molecule has 2 heterocycles. The number of hydrogen-bond donors (Lipinski definition) is 2. The third-order valence-electron chi connectivity index (χ3n) is 3.44. The van der Waals surface area contributed by atoms with Crippen LogP contribution in [-0.4, -0.2) is 38.9 Å². The second kappa shape index (κ2) is 7.62. The van der Waals surface area contributed by atoms with Crippen LogP contribution in [0.1, 0.15) is 6.92 Å². The Morgan fingerprint density at radius 3 is 2.96 bits per heavy atom. The van der Waals surface area contributed by atoms with E-state index in [0.29, 0.717) is 5.69 Å². The van der Waals surface area contributed by atoms with E-state index in [1.165, 1.54) is 16.7 Å². The van der Waals surface area contributed by atoms with Crippen LogP contribution in [0.3, 0.4) is 0 Å². The number of aromatic nitrogens is 2. The van der Waals surface area contributed by atoms with Gasteiger partial charge in [0.2, 0.25) is 0 Å². The lowest BCUT2D eigenvalue weighted by Crippen LogP contribution is -2.34. The van der Waals surface area contributed by atoms with Crippen LogP contribution in [0.2, 0.25) is 0 Å². The van der Waals surface area contributed by atoms with Gasteiger partial charge in [-0.3, -0.25) is 15.3 Å². The number of anilines is 1. The molecule has 6 nitrogen and oxygen atoms in total. The number of fused-ring (bicyclic) bond motifs is 1. The molecule has 2 aromatic heterocycles. The van der Waals surface area contributed by atoms with Crippen molar-refractivity contribution in [1.82, 2.24) is 14.9 Å². The minimum Gasteiger partial charge on any atom is -0.307 e. The highest BCUT2D eigenvalue weighted by Gasteiger charge is 2.14. The number of nitrogens with one attached hydrogen (secondary N) is 2. The molecule has 0 saturated carbocycles. The van der Waals surface area contributed by atoms with Crippen molar-refractivity contribution in [2.45, 2.75) is 6.92 Å². The molecule has 0 spiro atoms. The van der Waals surface area contributed by atoms with Gasteiger partial charge >= 0.3 is 6.03 Å². The number of carbonyl (C=O) groups is 1. The number of hydrogen-bond acceptors (Lipinski definition) is 6. The van der Waals surface area contributed by atoms with E-state index in [1.807, 2.05) is 37.3 Å². The summed E-state index contributed by atoms with van der Waals surface area (Å²) < 4.78 is 0.984. The van der Waals surface area contributed by atoms with Crippen LogP contribution in [-0.2, 0) is 0 Å². The summed E-state index contributed by atoms with van der Waals surface area (Å²) in [6.45, 7) is 1.95. The normalized spacial score (nSPS) is 10.6. The second-order valence-corrected chi connectivity index (χ2v) is 7.45. The van der Waals surface area contributed by atoms with Crippen molar-refractivity contribution in [3.63, 3.8) is 0 Å². The first-order chi connectivity index (χ1) is 12.1. The molecule has 128 valence electrons. The highest BCUT2D eigenvalue weighted by molar-refractivity contribution is 8.13. The molecular weight excluding hydrogens is 354 g/mol. The van der Waals surface area contributed by atoms with Gasteiger partial charge in [-0.2, -0.15) is 0 Å². The second-order valence-electron chi connectivity index (χ2n) is 5.17. The number of amidine groups is 1. The van der Waals surface area contributed by atoms with Crippen LogP contribution in [0, 0.1) is 5.41 Å². The highest BCUT2D eigenvalue weighted by atomic mass is 32.2. The molecule has 8 heteroatoms. The molecule has 2 N–H and O–H groups in total. The number of urea groups is 1. The Hall–Kier alpha value is -2.45. The zero-order chi connectivity index (χ0) is 17.8. The monoisotopic (exact) mass is 371 g/mol. The Kier molecular flexibility index (Phi) is 5.30. The third kappa shape index (κ3) is 3.97. The zero-order valence-electron chi connectivity index (χ0n) is 13.8. The van der Waals surface area contributed by atoms with Gasteiger partial charge in [-0.1, -0.05) is 18.7 Å². The van der Waals surface area contributed by atoms with E-state index in [2.05, 4.69) is 15.3 Å². The Morgan fingerprint density at radius 2 is 2.24 bits per heavy atom. The molecule has 3 rings (SSSR count). The molecule has 0 radical (unpaired) electrons. The number of amides is 2. The van der Waals surface area contributed by atoms with E-state index in [1.54, 1.807) is 30.8 Å². The van der Waals surface area contributed by atoms with E-state index in [-0.39, 0.29) is 11.2 Å². The van der Waals surface area contributed by atoms with Crippen LogP contribution in [0.25, 0.3) is 20.8 Å². The van der Waals surface area contributed by atoms with Crippen LogP contribution in [0.4, 0.5) is 10.5 Å². The van der Waals surface area contributed by atoms with Gasteiger partial charge in [0.25, 0.3) is 0 Å². The van der Waals surface area contributed by atoms with E-state index in [9.17, 15) is 4.79 Å². The molecule has 1 aromatic carbocycles. The SMILES string of the molecule is CCSC(=N)N(C)C(=O)Nc1ccc2nc(-c3cccnc3)sc2c1. The first kappa shape index (κ1) is 17.4. The lowest BCUT2D eigenvalue weighted by molar-refractivity contribution is 0.239. The molecule has 0 unspecified atom stereocenters. The highest BCUT2D eigenvalue weighted by Crippen LogP contribution is 2.31. The minimum atomic E-state index is -0.331. The third-order valence-corrected chi connectivity index (χ3v) is 5.34. The average Bonchev–Trinajstić information content (AvgIpc) is 3.05. The Labute approximate surface area is 153 Å². The number of thiazole rings is 1. The summed E-state index contributed by atoms with van der Waals surface area (Å²) in [6, 6.07) is 9.12. The number of thioether (sulfide) groups is 1. The number of carbonyl (C=O) groups excluding carboxylic acids is 1. The van der Waals surface area contributed by atoms with Gasteiger partial charge in [0.15, 0.2) is 5.17 Å². The van der Waals surface area contributed by atoms with Gasteiger partial charge in [0.1, 0.15) is 5.01 Å². The van der Waals surface area contributed by atoms with Crippen molar-refractivity contribution in [3.05, 3.63) is 42.7 Å². The molecule has 0 fully saturated rings. The molecule has 0 atom stereocenters. The van der Waals surface area contributed by atoms with Crippen molar-refractivity contribution >= 4 is 50.2 Å². The summed E-state index contributed by atoms with van der Waals surface area (Å²) >= 11 is 2.87. The van der Waals surface area contributed by atoms with Crippen LogP contribution in [0.15, 0.2) is 42.7 Å². The van der Waals surface area contributed by atoms with Crippen molar-refractivity contribution < 1.29 is 4.79 Å². The van der Waals surface area contributed by atoms with Gasteiger partial charge in [0.05, 0.1) is 10.2 Å². The van der Waals surface area contributed by atoms with E-state index in [4.69, 9.17) is 5.41 Å². The molecule has 0 aliphatic heterocycles. The maximum atomic E-state index is 12.2. The van der Waals surface area contributed by atoms with Gasteiger partial charge < -0.3 is 5.32 Å². The summed E-state index contributed by atoms with van der Waals surface area (Å²) in [5.74, 6) is 0.750. The lowest BCUT2D eigenvalue weighted by Gasteiger charge is -2.17. The molecule has 0 bridgehead atoms.